The van der Waals surface area contributed by atoms with E-state index in [-0.39, 0.29) is 10.9 Å². The predicted molar refractivity (Wildman–Crippen MR) is 78.8 cm³/mol. The van der Waals surface area contributed by atoms with Gasteiger partial charge in [0.2, 0.25) is 10.0 Å². The van der Waals surface area contributed by atoms with Gasteiger partial charge in [-0.15, -0.1) is 11.3 Å². The van der Waals surface area contributed by atoms with Gasteiger partial charge in [0.05, 0.1) is 13.5 Å². The van der Waals surface area contributed by atoms with Gasteiger partial charge in [0, 0.05) is 6.04 Å². The Morgan fingerprint density at radius 1 is 1.42 bits per heavy atom. The number of carboxylic acid groups (broad SMARTS) is 1. The van der Waals surface area contributed by atoms with Gasteiger partial charge in [-0.05, 0) is 57.2 Å². The van der Waals surface area contributed by atoms with Crippen LogP contribution in [0.3, 0.4) is 0 Å². The summed E-state index contributed by atoms with van der Waals surface area (Å²) in [4.78, 5) is 11.0. The third kappa shape index (κ3) is 3.57. The first kappa shape index (κ1) is 15.4. The van der Waals surface area contributed by atoms with Crippen LogP contribution in [0, 0.1) is 5.92 Å². The number of halogens is 2. The minimum atomic E-state index is -3.61. The fourth-order valence-electron chi connectivity index (χ4n) is 2.10. The molecule has 19 heavy (non-hydrogen) atoms. The largest absolute Gasteiger partial charge is 0.481 e. The monoisotopic (exact) mass is 431 g/mol. The zero-order valence-electron chi connectivity index (χ0n) is 9.60. The van der Waals surface area contributed by atoms with E-state index in [1.807, 2.05) is 0 Å². The number of sulfonamides is 1. The molecule has 0 saturated heterocycles. The molecule has 5 nitrogen and oxygen atoms in total. The molecular formula is C10H11Br2NO4S2. The van der Waals surface area contributed by atoms with Crippen LogP contribution in [0.5, 0.6) is 0 Å². The van der Waals surface area contributed by atoms with E-state index >= 15 is 0 Å². The summed E-state index contributed by atoms with van der Waals surface area (Å²) in [6.45, 7) is 0. The van der Waals surface area contributed by atoms with E-state index in [2.05, 4.69) is 36.6 Å². The lowest BCUT2D eigenvalue weighted by atomic mass is 10.1. The van der Waals surface area contributed by atoms with Crippen LogP contribution >= 0.6 is 43.2 Å². The number of rotatable bonds is 4. The molecule has 1 aliphatic rings. The number of nitrogens with one attached hydrogen (secondary N) is 1. The zero-order chi connectivity index (χ0) is 14.2. The van der Waals surface area contributed by atoms with Crippen LogP contribution in [0.1, 0.15) is 19.3 Å². The third-order valence-corrected chi connectivity index (χ3v) is 7.29. The van der Waals surface area contributed by atoms with Crippen molar-refractivity contribution in [2.75, 3.05) is 0 Å². The number of aliphatic carboxylic acids is 1. The average molecular weight is 433 g/mol. The van der Waals surface area contributed by atoms with Crippen LogP contribution in [0.15, 0.2) is 18.5 Å². The summed E-state index contributed by atoms with van der Waals surface area (Å²) in [7, 11) is -3.61. The lowest BCUT2D eigenvalue weighted by Crippen LogP contribution is -2.33. The number of carbonyl (C=O) groups is 1. The lowest BCUT2D eigenvalue weighted by molar-refractivity contribution is -0.141. The summed E-state index contributed by atoms with van der Waals surface area (Å²) in [5.74, 6) is -1.31. The van der Waals surface area contributed by atoms with Crippen LogP contribution in [0.4, 0.5) is 0 Å². The lowest BCUT2D eigenvalue weighted by Gasteiger charge is -2.12. The molecule has 106 valence electrons. The first-order valence-corrected chi connectivity index (χ1v) is 9.38. The van der Waals surface area contributed by atoms with Gasteiger partial charge in [-0.2, -0.15) is 0 Å². The molecule has 1 heterocycles. The molecule has 1 aliphatic carbocycles. The molecule has 1 fully saturated rings. The minimum Gasteiger partial charge on any atom is -0.481 e. The van der Waals surface area contributed by atoms with Crippen LogP contribution in [0.2, 0.25) is 0 Å². The Labute approximate surface area is 131 Å². The predicted octanol–water partition coefficient (Wildman–Crippen LogP) is 2.80. The Bertz CT molecular complexity index is 599. The standard InChI is InChI=1S/C10H11Br2NO4S2/c11-8-4-7(9(12)18-8)19(16,17)13-6-2-1-5(3-6)10(14)15/h4-6,13H,1-3H2,(H,14,15)/t5-,6+/m1/s1. The van der Waals surface area contributed by atoms with E-state index in [1.54, 1.807) is 0 Å². The van der Waals surface area contributed by atoms with Gasteiger partial charge in [-0.25, -0.2) is 13.1 Å². The van der Waals surface area contributed by atoms with E-state index < -0.39 is 21.9 Å². The fraction of sp³-hybridized carbons (Fsp3) is 0.500. The highest BCUT2D eigenvalue weighted by Crippen LogP contribution is 2.35. The normalized spacial score (nSPS) is 23.7. The third-order valence-electron chi connectivity index (χ3n) is 3.02. The van der Waals surface area contributed by atoms with Crippen molar-refractivity contribution < 1.29 is 18.3 Å². The first-order valence-electron chi connectivity index (χ1n) is 5.49. The molecular weight excluding hydrogens is 422 g/mol. The average Bonchev–Trinajstić information content (AvgIpc) is 2.85. The van der Waals surface area contributed by atoms with Gasteiger partial charge >= 0.3 is 5.97 Å². The van der Waals surface area contributed by atoms with Gasteiger partial charge < -0.3 is 5.11 Å². The fourth-order valence-corrected chi connectivity index (χ4v) is 7.20. The molecule has 2 rings (SSSR count). The molecule has 0 radical (unpaired) electrons. The maximum absolute atomic E-state index is 12.2. The maximum atomic E-state index is 12.2. The smallest absolute Gasteiger partial charge is 0.306 e. The van der Waals surface area contributed by atoms with Crippen molar-refractivity contribution in [3.8, 4) is 0 Å². The highest BCUT2D eigenvalue weighted by molar-refractivity contribution is 9.12. The van der Waals surface area contributed by atoms with E-state index in [1.165, 1.54) is 17.4 Å². The first-order chi connectivity index (χ1) is 8.79. The molecule has 9 heteroatoms. The number of hydrogen-bond donors (Lipinski definition) is 2. The van der Waals surface area contributed by atoms with E-state index in [0.29, 0.717) is 23.0 Å². The molecule has 1 aromatic heterocycles. The maximum Gasteiger partial charge on any atom is 0.306 e. The molecule has 0 aromatic carbocycles. The zero-order valence-corrected chi connectivity index (χ0v) is 14.4. The van der Waals surface area contributed by atoms with Crippen molar-refractivity contribution >= 4 is 59.2 Å². The van der Waals surface area contributed by atoms with Crippen LogP contribution in [-0.4, -0.2) is 25.5 Å². The summed E-state index contributed by atoms with van der Waals surface area (Å²) in [5, 5.41) is 8.90. The van der Waals surface area contributed by atoms with E-state index in [0.717, 1.165) is 3.79 Å². The molecule has 0 amide bonds. The molecule has 0 bridgehead atoms. The summed E-state index contributed by atoms with van der Waals surface area (Å²) in [6, 6.07) is 1.22. The van der Waals surface area contributed by atoms with Gasteiger partial charge in [0.15, 0.2) is 0 Å². The van der Waals surface area contributed by atoms with Gasteiger partial charge in [0.25, 0.3) is 0 Å². The van der Waals surface area contributed by atoms with Crippen LogP contribution in [0.25, 0.3) is 0 Å². The topological polar surface area (TPSA) is 83.5 Å². The quantitative estimate of drug-likeness (QED) is 0.766. The summed E-state index contributed by atoms with van der Waals surface area (Å²) in [5.41, 5.74) is 0. The molecule has 1 saturated carbocycles. The van der Waals surface area contributed by atoms with Crippen molar-refractivity contribution in [3.05, 3.63) is 13.6 Å². The van der Waals surface area contributed by atoms with Crippen LogP contribution in [-0.2, 0) is 14.8 Å². The second-order valence-corrected chi connectivity index (χ2v) is 9.79. The highest BCUT2D eigenvalue weighted by atomic mass is 79.9. The van der Waals surface area contributed by atoms with Crippen molar-refractivity contribution in [3.63, 3.8) is 0 Å². The second kappa shape index (κ2) is 5.80. The summed E-state index contributed by atoms with van der Waals surface area (Å²) < 4.78 is 28.2. The molecule has 0 aliphatic heterocycles. The van der Waals surface area contributed by atoms with Gasteiger partial charge in [-0.3, -0.25) is 4.79 Å². The Morgan fingerprint density at radius 2 is 2.11 bits per heavy atom. The van der Waals surface area contributed by atoms with E-state index in [9.17, 15) is 13.2 Å². The van der Waals surface area contributed by atoms with Crippen LogP contribution < -0.4 is 4.72 Å². The minimum absolute atomic E-state index is 0.183. The molecule has 0 spiro atoms. The SMILES string of the molecule is O=C(O)[C@@H]1CC[C@H](NS(=O)(=O)c2cc(Br)sc2Br)C1. The Morgan fingerprint density at radius 3 is 2.58 bits per heavy atom. The number of hydrogen-bond acceptors (Lipinski definition) is 4. The molecule has 0 unspecified atom stereocenters. The molecule has 2 atom stereocenters. The number of thiophene rings is 1. The Hall–Kier alpha value is 0.0400. The van der Waals surface area contributed by atoms with Gasteiger partial charge in [0.1, 0.15) is 4.90 Å². The molecule has 1 aromatic rings. The number of carboxylic acids is 1. The van der Waals surface area contributed by atoms with Crippen molar-refractivity contribution in [2.24, 2.45) is 5.92 Å². The van der Waals surface area contributed by atoms with E-state index in [4.69, 9.17) is 5.11 Å². The van der Waals surface area contributed by atoms with Crippen molar-refractivity contribution in [1.82, 2.24) is 4.72 Å². The van der Waals surface area contributed by atoms with Gasteiger partial charge in [-0.1, -0.05) is 0 Å². The Balaban J connectivity index is 2.11. The summed E-state index contributed by atoms with van der Waals surface area (Å²) >= 11 is 7.73. The second-order valence-electron chi connectivity index (χ2n) is 4.35. The van der Waals surface area contributed by atoms with Crippen molar-refractivity contribution in [1.29, 1.82) is 0 Å². The highest BCUT2D eigenvalue weighted by Gasteiger charge is 2.33. The summed E-state index contributed by atoms with van der Waals surface area (Å²) in [6.07, 6.45) is 1.41. The molecule has 2 N–H and O–H groups in total. The Kier molecular flexibility index (Phi) is 4.71. The van der Waals surface area contributed by atoms with Crippen molar-refractivity contribution in [2.45, 2.75) is 30.2 Å².